The topological polar surface area (TPSA) is 99.7 Å². The second-order valence-electron chi connectivity index (χ2n) is 5.93. The summed E-state index contributed by atoms with van der Waals surface area (Å²) in [7, 11) is 0. The third-order valence-electron chi connectivity index (χ3n) is 3.92. The molecule has 0 bridgehead atoms. The number of hydrogen-bond acceptors (Lipinski definition) is 3. The van der Waals surface area contributed by atoms with Crippen LogP contribution in [0.1, 0.15) is 26.7 Å². The summed E-state index contributed by atoms with van der Waals surface area (Å²) in [6, 6.07) is 8.09. The summed E-state index contributed by atoms with van der Waals surface area (Å²) in [5, 5.41) is 16.3. The summed E-state index contributed by atoms with van der Waals surface area (Å²) < 4.78 is 19.4. The molecule has 0 saturated heterocycles. The lowest BCUT2D eigenvalue weighted by Gasteiger charge is -2.16. The van der Waals surface area contributed by atoms with Crippen LogP contribution in [0.3, 0.4) is 0 Å². The van der Waals surface area contributed by atoms with Gasteiger partial charge in [0.2, 0.25) is 0 Å². The fraction of sp³-hybridized carbons (Fsp3) is 0.263. The van der Waals surface area contributed by atoms with E-state index in [1.54, 1.807) is 6.07 Å². The first-order valence-corrected chi connectivity index (χ1v) is 9.04. The predicted molar refractivity (Wildman–Crippen MR) is 106 cm³/mol. The SMILES string of the molecule is CCC(CC)NC(=O)Nc1ccc(Oc2ccc(NC(=O)O)c(F)c2)c(Cl)c1. The summed E-state index contributed by atoms with van der Waals surface area (Å²) in [6.07, 6.45) is 0.288. The van der Waals surface area contributed by atoms with E-state index in [1.165, 1.54) is 24.3 Å². The number of ether oxygens (including phenoxy) is 1. The molecular weight excluding hydrogens is 389 g/mol. The van der Waals surface area contributed by atoms with E-state index in [2.05, 4.69) is 10.6 Å². The van der Waals surface area contributed by atoms with E-state index in [1.807, 2.05) is 19.2 Å². The third kappa shape index (κ3) is 6.02. The van der Waals surface area contributed by atoms with Crippen LogP contribution in [0.25, 0.3) is 0 Å². The Kier molecular flexibility index (Phi) is 7.45. The number of halogens is 2. The van der Waals surface area contributed by atoms with Crippen molar-refractivity contribution in [2.24, 2.45) is 0 Å². The van der Waals surface area contributed by atoms with Crippen LogP contribution in [0.2, 0.25) is 5.02 Å². The van der Waals surface area contributed by atoms with Gasteiger partial charge in [-0.15, -0.1) is 0 Å². The predicted octanol–water partition coefficient (Wildman–Crippen LogP) is 5.67. The average molecular weight is 410 g/mol. The van der Waals surface area contributed by atoms with Crippen LogP contribution in [0.4, 0.5) is 25.4 Å². The Morgan fingerprint density at radius 1 is 1.14 bits per heavy atom. The fourth-order valence-electron chi connectivity index (χ4n) is 2.41. The molecule has 28 heavy (non-hydrogen) atoms. The molecular formula is C19H21ClFN3O4. The van der Waals surface area contributed by atoms with Crippen molar-refractivity contribution >= 4 is 35.1 Å². The summed E-state index contributed by atoms with van der Waals surface area (Å²) in [4.78, 5) is 22.6. The second-order valence-corrected chi connectivity index (χ2v) is 6.34. The van der Waals surface area contributed by atoms with E-state index >= 15 is 0 Å². The molecule has 2 rings (SSSR count). The number of carboxylic acid groups (broad SMARTS) is 1. The Hall–Kier alpha value is -3.00. The molecule has 0 spiro atoms. The molecule has 0 aromatic heterocycles. The van der Waals surface area contributed by atoms with Gasteiger partial charge in [0, 0.05) is 17.8 Å². The van der Waals surface area contributed by atoms with Gasteiger partial charge in [-0.1, -0.05) is 25.4 Å². The number of anilines is 2. The highest BCUT2D eigenvalue weighted by molar-refractivity contribution is 6.32. The van der Waals surface area contributed by atoms with Crippen LogP contribution in [-0.2, 0) is 0 Å². The van der Waals surface area contributed by atoms with E-state index in [9.17, 15) is 14.0 Å². The molecule has 0 radical (unpaired) electrons. The van der Waals surface area contributed by atoms with Crippen molar-refractivity contribution in [1.82, 2.24) is 5.32 Å². The number of amides is 3. The minimum absolute atomic E-state index is 0.0894. The number of nitrogens with one attached hydrogen (secondary N) is 3. The standard InChI is InChI=1S/C19H21ClFN3O4/c1-3-11(4-2)22-18(25)23-12-5-8-17(14(20)9-12)28-13-6-7-16(15(21)10-13)24-19(26)27/h5-11,24H,3-4H2,1-2H3,(H,26,27)(H2,22,23,25). The quantitative estimate of drug-likeness (QED) is 0.473. The first kappa shape index (κ1) is 21.3. The summed E-state index contributed by atoms with van der Waals surface area (Å²) in [5.41, 5.74) is 0.293. The van der Waals surface area contributed by atoms with Crippen molar-refractivity contribution in [3.05, 3.63) is 47.2 Å². The first-order valence-electron chi connectivity index (χ1n) is 8.66. The molecule has 0 heterocycles. The maximum Gasteiger partial charge on any atom is 0.409 e. The molecule has 3 amide bonds. The molecule has 0 aliphatic heterocycles. The van der Waals surface area contributed by atoms with Gasteiger partial charge in [0.05, 0.1) is 10.7 Å². The molecule has 0 saturated carbocycles. The molecule has 0 aliphatic rings. The zero-order valence-electron chi connectivity index (χ0n) is 15.4. The van der Waals surface area contributed by atoms with Gasteiger partial charge in [0.15, 0.2) is 5.82 Å². The van der Waals surface area contributed by atoms with Gasteiger partial charge >= 0.3 is 12.1 Å². The average Bonchev–Trinajstić information content (AvgIpc) is 2.64. The van der Waals surface area contributed by atoms with Crippen LogP contribution in [0.5, 0.6) is 11.5 Å². The minimum atomic E-state index is -1.37. The number of carbonyl (C=O) groups is 2. The van der Waals surface area contributed by atoms with Gasteiger partial charge in [-0.3, -0.25) is 5.32 Å². The van der Waals surface area contributed by atoms with Crippen molar-refractivity contribution in [2.75, 3.05) is 10.6 Å². The van der Waals surface area contributed by atoms with E-state index in [0.717, 1.165) is 18.9 Å². The van der Waals surface area contributed by atoms with E-state index in [-0.39, 0.29) is 34.3 Å². The Morgan fingerprint density at radius 2 is 1.86 bits per heavy atom. The molecule has 0 unspecified atom stereocenters. The van der Waals surface area contributed by atoms with Crippen LogP contribution in [0, 0.1) is 5.82 Å². The molecule has 0 atom stereocenters. The Labute approximate surface area is 166 Å². The number of carbonyl (C=O) groups excluding carboxylic acids is 1. The number of urea groups is 1. The van der Waals surface area contributed by atoms with Crippen LogP contribution >= 0.6 is 11.6 Å². The molecule has 9 heteroatoms. The number of hydrogen-bond donors (Lipinski definition) is 4. The van der Waals surface area contributed by atoms with Crippen molar-refractivity contribution in [3.8, 4) is 11.5 Å². The largest absolute Gasteiger partial charge is 0.465 e. The lowest BCUT2D eigenvalue weighted by atomic mass is 10.2. The van der Waals surface area contributed by atoms with E-state index in [4.69, 9.17) is 21.4 Å². The second kappa shape index (κ2) is 9.80. The molecule has 150 valence electrons. The number of benzene rings is 2. The fourth-order valence-corrected chi connectivity index (χ4v) is 2.63. The highest BCUT2D eigenvalue weighted by atomic mass is 35.5. The number of rotatable bonds is 7. The Morgan fingerprint density at radius 3 is 2.43 bits per heavy atom. The minimum Gasteiger partial charge on any atom is -0.465 e. The van der Waals surface area contributed by atoms with Crippen LogP contribution in [-0.4, -0.2) is 23.3 Å². The molecule has 2 aromatic carbocycles. The lowest BCUT2D eigenvalue weighted by Crippen LogP contribution is -2.37. The normalized spacial score (nSPS) is 10.5. The summed E-state index contributed by atoms with van der Waals surface area (Å²) >= 11 is 6.18. The van der Waals surface area contributed by atoms with Gasteiger partial charge in [0.25, 0.3) is 0 Å². The third-order valence-corrected chi connectivity index (χ3v) is 4.22. The van der Waals surface area contributed by atoms with E-state index < -0.39 is 11.9 Å². The van der Waals surface area contributed by atoms with Crippen molar-refractivity contribution in [3.63, 3.8) is 0 Å². The maximum atomic E-state index is 13.9. The monoisotopic (exact) mass is 409 g/mol. The Balaban J connectivity index is 2.05. The maximum absolute atomic E-state index is 13.9. The van der Waals surface area contributed by atoms with Crippen LogP contribution in [0.15, 0.2) is 36.4 Å². The Bertz CT molecular complexity index is 859. The molecule has 0 fully saturated rings. The molecule has 0 aliphatic carbocycles. The zero-order chi connectivity index (χ0) is 20.7. The van der Waals surface area contributed by atoms with Gasteiger partial charge in [-0.25, -0.2) is 14.0 Å². The molecule has 2 aromatic rings. The van der Waals surface area contributed by atoms with Gasteiger partial charge in [-0.05, 0) is 43.2 Å². The van der Waals surface area contributed by atoms with Gasteiger partial charge < -0.3 is 20.5 Å². The lowest BCUT2D eigenvalue weighted by molar-refractivity contribution is 0.209. The highest BCUT2D eigenvalue weighted by Gasteiger charge is 2.12. The summed E-state index contributed by atoms with van der Waals surface area (Å²) in [6.45, 7) is 3.98. The van der Waals surface area contributed by atoms with Gasteiger partial charge in [0.1, 0.15) is 11.5 Å². The van der Waals surface area contributed by atoms with Crippen molar-refractivity contribution < 1.29 is 23.8 Å². The van der Waals surface area contributed by atoms with Crippen LogP contribution < -0.4 is 20.7 Å². The van der Waals surface area contributed by atoms with Crippen molar-refractivity contribution in [1.29, 1.82) is 0 Å². The van der Waals surface area contributed by atoms with E-state index in [0.29, 0.717) is 5.69 Å². The summed E-state index contributed by atoms with van der Waals surface area (Å²) in [5.74, 6) is -0.388. The molecule has 4 N–H and O–H groups in total. The zero-order valence-corrected chi connectivity index (χ0v) is 16.1. The first-order chi connectivity index (χ1) is 13.3. The van der Waals surface area contributed by atoms with Crippen molar-refractivity contribution in [2.45, 2.75) is 32.7 Å². The molecule has 7 nitrogen and oxygen atoms in total. The van der Waals surface area contributed by atoms with Gasteiger partial charge in [-0.2, -0.15) is 0 Å². The smallest absolute Gasteiger partial charge is 0.409 e. The highest BCUT2D eigenvalue weighted by Crippen LogP contribution is 2.33.